The van der Waals surface area contributed by atoms with Gasteiger partial charge in [-0.2, -0.15) is 29.5 Å². The highest BCUT2D eigenvalue weighted by molar-refractivity contribution is 7.07. The van der Waals surface area contributed by atoms with Crippen LogP contribution in [-0.4, -0.2) is 16.0 Å². The molecule has 1 atom stereocenters. The molecule has 1 unspecified atom stereocenters. The Morgan fingerprint density at radius 2 is 2.15 bits per heavy atom. The number of nitrogens with zero attached hydrogens (tertiary/aromatic N) is 2. The van der Waals surface area contributed by atoms with E-state index in [-0.39, 0.29) is 11.9 Å². The van der Waals surface area contributed by atoms with Gasteiger partial charge in [0.25, 0.3) is 0 Å². The summed E-state index contributed by atoms with van der Waals surface area (Å²) in [6.45, 7) is 1.86. The smallest absolute Gasteiger partial charge is 0.368 e. The summed E-state index contributed by atoms with van der Waals surface area (Å²) in [6.07, 6.45) is -3.85. The molecule has 0 fully saturated rings. The minimum absolute atomic E-state index is 0.0695. The van der Waals surface area contributed by atoms with Crippen molar-refractivity contribution in [2.75, 3.05) is 11.1 Å². The highest BCUT2D eigenvalue weighted by Gasteiger charge is 2.33. The quantitative estimate of drug-likeness (QED) is 0.910. The molecule has 0 amide bonds. The molecular formula is C12H13F3N4S. The van der Waals surface area contributed by atoms with Gasteiger partial charge in [-0.15, -0.1) is 0 Å². The van der Waals surface area contributed by atoms with Gasteiger partial charge in [0.1, 0.15) is 5.82 Å². The molecule has 0 saturated heterocycles. The zero-order valence-corrected chi connectivity index (χ0v) is 11.4. The molecule has 2 aromatic heterocycles. The molecule has 3 N–H and O–H groups in total. The van der Waals surface area contributed by atoms with E-state index in [1.807, 2.05) is 23.8 Å². The first-order valence-electron chi connectivity index (χ1n) is 5.84. The lowest BCUT2D eigenvalue weighted by Gasteiger charge is -2.15. The molecule has 0 aliphatic carbocycles. The van der Waals surface area contributed by atoms with Crippen LogP contribution >= 0.6 is 11.3 Å². The molecule has 0 spiro atoms. The SMILES string of the molecule is CC(Cc1ccsc1)Nc1cc(C(F)(F)F)nc(N)n1. The second kappa shape index (κ2) is 5.66. The molecular weight excluding hydrogens is 289 g/mol. The molecule has 2 aromatic rings. The van der Waals surface area contributed by atoms with Crippen LogP contribution in [0.4, 0.5) is 24.9 Å². The van der Waals surface area contributed by atoms with E-state index in [2.05, 4.69) is 15.3 Å². The fraction of sp³-hybridized carbons (Fsp3) is 0.333. The number of alkyl halides is 3. The van der Waals surface area contributed by atoms with Gasteiger partial charge in [-0.05, 0) is 35.7 Å². The number of hydrogen-bond donors (Lipinski definition) is 2. The molecule has 2 heterocycles. The van der Waals surface area contributed by atoms with Crippen molar-refractivity contribution < 1.29 is 13.2 Å². The van der Waals surface area contributed by atoms with Gasteiger partial charge >= 0.3 is 6.18 Å². The monoisotopic (exact) mass is 302 g/mol. The number of halogens is 3. The van der Waals surface area contributed by atoms with Gasteiger partial charge in [0.05, 0.1) is 0 Å². The van der Waals surface area contributed by atoms with Crippen LogP contribution in [0.15, 0.2) is 22.9 Å². The average molecular weight is 302 g/mol. The van der Waals surface area contributed by atoms with Crippen molar-refractivity contribution in [3.05, 3.63) is 34.2 Å². The van der Waals surface area contributed by atoms with Crippen LogP contribution in [0.2, 0.25) is 0 Å². The number of anilines is 2. The average Bonchev–Trinajstić information content (AvgIpc) is 2.79. The van der Waals surface area contributed by atoms with E-state index in [1.54, 1.807) is 11.3 Å². The third-order valence-electron chi connectivity index (χ3n) is 2.55. The van der Waals surface area contributed by atoms with E-state index >= 15 is 0 Å². The minimum atomic E-state index is -4.54. The highest BCUT2D eigenvalue weighted by Crippen LogP contribution is 2.29. The Balaban J connectivity index is 2.11. The lowest BCUT2D eigenvalue weighted by Crippen LogP contribution is -2.20. The maximum absolute atomic E-state index is 12.6. The molecule has 0 radical (unpaired) electrons. The Morgan fingerprint density at radius 3 is 2.75 bits per heavy atom. The van der Waals surface area contributed by atoms with Crippen LogP contribution < -0.4 is 11.1 Å². The number of thiophene rings is 1. The Kier molecular flexibility index (Phi) is 4.12. The van der Waals surface area contributed by atoms with E-state index < -0.39 is 17.8 Å². The first kappa shape index (κ1) is 14.6. The maximum atomic E-state index is 12.6. The van der Waals surface area contributed by atoms with Gasteiger partial charge in [-0.25, -0.2) is 4.98 Å². The second-order valence-corrected chi connectivity index (χ2v) is 5.16. The summed E-state index contributed by atoms with van der Waals surface area (Å²) < 4.78 is 37.9. The molecule has 0 aliphatic heterocycles. The van der Waals surface area contributed by atoms with Gasteiger partial charge in [-0.1, -0.05) is 0 Å². The summed E-state index contributed by atoms with van der Waals surface area (Å²) in [4.78, 5) is 6.97. The Hall–Kier alpha value is -1.83. The molecule has 108 valence electrons. The Morgan fingerprint density at radius 1 is 1.40 bits per heavy atom. The first-order valence-corrected chi connectivity index (χ1v) is 6.78. The van der Waals surface area contributed by atoms with Crippen molar-refractivity contribution in [2.24, 2.45) is 0 Å². The predicted octanol–water partition coefficient (Wildman–Crippen LogP) is 3.18. The van der Waals surface area contributed by atoms with Gasteiger partial charge in [-0.3, -0.25) is 0 Å². The number of nitrogen functional groups attached to an aromatic ring is 1. The predicted molar refractivity (Wildman–Crippen MR) is 72.6 cm³/mol. The molecule has 0 saturated carbocycles. The van der Waals surface area contributed by atoms with Gasteiger partial charge in [0, 0.05) is 12.1 Å². The number of nitrogens with one attached hydrogen (secondary N) is 1. The highest BCUT2D eigenvalue weighted by atomic mass is 32.1. The molecule has 0 aromatic carbocycles. The van der Waals surface area contributed by atoms with Crippen LogP contribution in [0.1, 0.15) is 18.2 Å². The molecule has 8 heteroatoms. The fourth-order valence-corrected chi connectivity index (χ4v) is 2.43. The summed E-state index contributed by atoms with van der Waals surface area (Å²) in [5.74, 6) is -0.322. The summed E-state index contributed by atoms with van der Waals surface area (Å²) in [5, 5.41) is 6.85. The molecule has 4 nitrogen and oxygen atoms in total. The molecule has 20 heavy (non-hydrogen) atoms. The van der Waals surface area contributed by atoms with Crippen molar-refractivity contribution in [1.82, 2.24) is 9.97 Å². The summed E-state index contributed by atoms with van der Waals surface area (Å²) in [5.41, 5.74) is 5.38. The number of rotatable bonds is 4. The summed E-state index contributed by atoms with van der Waals surface area (Å²) >= 11 is 1.57. The van der Waals surface area contributed by atoms with E-state index in [1.165, 1.54) is 0 Å². The van der Waals surface area contributed by atoms with Crippen LogP contribution in [0, 0.1) is 0 Å². The standard InChI is InChI=1S/C12H13F3N4S/c1-7(4-8-2-3-20-6-8)17-10-5-9(12(13,14)15)18-11(16)19-10/h2-3,5-7H,4H2,1H3,(H3,16,17,18,19). The van der Waals surface area contributed by atoms with Crippen LogP contribution in [0.25, 0.3) is 0 Å². The lowest BCUT2D eigenvalue weighted by molar-refractivity contribution is -0.141. The number of hydrogen-bond acceptors (Lipinski definition) is 5. The van der Waals surface area contributed by atoms with Crippen molar-refractivity contribution in [3.8, 4) is 0 Å². The first-order chi connectivity index (χ1) is 9.34. The number of aromatic nitrogens is 2. The normalized spacial score (nSPS) is 13.2. The third-order valence-corrected chi connectivity index (χ3v) is 3.28. The zero-order valence-electron chi connectivity index (χ0n) is 10.6. The Bertz CT molecular complexity index is 569. The van der Waals surface area contributed by atoms with E-state index in [9.17, 15) is 13.2 Å². The van der Waals surface area contributed by atoms with Gasteiger partial charge in [0.2, 0.25) is 5.95 Å². The third kappa shape index (κ3) is 3.83. The largest absolute Gasteiger partial charge is 0.433 e. The van der Waals surface area contributed by atoms with Crippen LogP contribution in [-0.2, 0) is 12.6 Å². The topological polar surface area (TPSA) is 63.8 Å². The van der Waals surface area contributed by atoms with Crippen LogP contribution in [0.5, 0.6) is 0 Å². The zero-order chi connectivity index (χ0) is 14.8. The maximum Gasteiger partial charge on any atom is 0.433 e. The summed E-state index contributed by atoms with van der Waals surface area (Å²) in [7, 11) is 0. The van der Waals surface area contributed by atoms with Crippen molar-refractivity contribution in [3.63, 3.8) is 0 Å². The molecule has 0 bridgehead atoms. The van der Waals surface area contributed by atoms with Crippen molar-refractivity contribution >= 4 is 23.1 Å². The number of nitrogens with two attached hydrogens (primary N) is 1. The van der Waals surface area contributed by atoms with E-state index in [0.29, 0.717) is 6.42 Å². The fourth-order valence-electron chi connectivity index (χ4n) is 1.75. The van der Waals surface area contributed by atoms with Crippen molar-refractivity contribution in [2.45, 2.75) is 25.6 Å². The Labute approximate surface area is 117 Å². The van der Waals surface area contributed by atoms with Crippen LogP contribution in [0.3, 0.4) is 0 Å². The molecule has 0 aliphatic rings. The molecule has 2 rings (SSSR count). The minimum Gasteiger partial charge on any atom is -0.368 e. The summed E-state index contributed by atoms with van der Waals surface area (Å²) in [6, 6.07) is 2.76. The lowest BCUT2D eigenvalue weighted by atomic mass is 10.1. The van der Waals surface area contributed by atoms with Crippen molar-refractivity contribution in [1.29, 1.82) is 0 Å². The van der Waals surface area contributed by atoms with Gasteiger partial charge in [0.15, 0.2) is 5.69 Å². The van der Waals surface area contributed by atoms with Gasteiger partial charge < -0.3 is 11.1 Å². The van der Waals surface area contributed by atoms with E-state index in [4.69, 9.17) is 5.73 Å². The van der Waals surface area contributed by atoms with E-state index in [0.717, 1.165) is 11.6 Å². The second-order valence-electron chi connectivity index (χ2n) is 4.38.